The molecular weight excluding hydrogens is 385 g/mol. The van der Waals surface area contributed by atoms with Gasteiger partial charge >= 0.3 is 0 Å². The number of carbonyl (C=O) groups excluding carboxylic acids is 1. The number of amides is 1. The molecule has 0 atom stereocenters. The van der Waals surface area contributed by atoms with Gasteiger partial charge in [0, 0.05) is 23.8 Å². The molecule has 0 aliphatic heterocycles. The van der Waals surface area contributed by atoms with E-state index in [2.05, 4.69) is 28.0 Å². The summed E-state index contributed by atoms with van der Waals surface area (Å²) >= 11 is 3.85. The summed E-state index contributed by atoms with van der Waals surface area (Å²) in [4.78, 5) is 14.5. The van der Waals surface area contributed by atoms with Crippen molar-refractivity contribution in [1.82, 2.24) is 4.90 Å². The van der Waals surface area contributed by atoms with E-state index in [1.165, 1.54) is 0 Å². The number of halogens is 1. The van der Waals surface area contributed by atoms with Gasteiger partial charge in [-0.25, -0.2) is 0 Å². The van der Waals surface area contributed by atoms with Gasteiger partial charge in [-0.3, -0.25) is 4.79 Å². The molecule has 0 N–H and O–H groups in total. The number of ether oxygens (including phenoxy) is 1. The monoisotopic (exact) mass is 401 g/mol. The molecule has 1 aromatic carbocycles. The molecule has 1 aromatic heterocycles. The second kappa shape index (κ2) is 7.75. The second-order valence-corrected chi connectivity index (χ2v) is 6.27. The Bertz CT molecular complexity index is 557. The van der Waals surface area contributed by atoms with Crippen LogP contribution in [0.15, 0.2) is 41.1 Å². The van der Waals surface area contributed by atoms with Crippen LogP contribution in [-0.2, 0) is 11.3 Å². The molecule has 0 bridgehead atoms. The van der Waals surface area contributed by atoms with E-state index in [1.54, 1.807) is 18.4 Å². The number of carbonyl (C=O) groups is 1. The zero-order valence-electron chi connectivity index (χ0n) is 11.2. The largest absolute Gasteiger partial charge is 0.383 e. The first-order valence-electron chi connectivity index (χ1n) is 6.26. The van der Waals surface area contributed by atoms with E-state index in [1.807, 2.05) is 40.6 Å². The normalized spacial score (nSPS) is 10.5. The summed E-state index contributed by atoms with van der Waals surface area (Å²) in [5, 5.41) is 4.10. The third-order valence-electron chi connectivity index (χ3n) is 2.91. The number of benzene rings is 1. The first-order valence-corrected chi connectivity index (χ1v) is 8.28. The van der Waals surface area contributed by atoms with Crippen LogP contribution >= 0.6 is 33.9 Å². The Balaban J connectivity index is 2.17. The molecule has 5 heteroatoms. The predicted molar refractivity (Wildman–Crippen MR) is 90.1 cm³/mol. The van der Waals surface area contributed by atoms with Crippen molar-refractivity contribution in [3.8, 4) is 0 Å². The Morgan fingerprint density at radius 3 is 2.80 bits per heavy atom. The van der Waals surface area contributed by atoms with Crippen molar-refractivity contribution >= 4 is 39.8 Å². The maximum Gasteiger partial charge on any atom is 0.255 e. The predicted octanol–water partition coefficient (Wildman–Crippen LogP) is 3.64. The topological polar surface area (TPSA) is 29.5 Å². The summed E-state index contributed by atoms with van der Waals surface area (Å²) in [5.74, 6) is 0.0539. The molecule has 0 fully saturated rings. The molecule has 3 nitrogen and oxygen atoms in total. The van der Waals surface area contributed by atoms with E-state index in [0.29, 0.717) is 19.7 Å². The van der Waals surface area contributed by atoms with Crippen molar-refractivity contribution in [2.75, 3.05) is 20.3 Å². The molecule has 1 heterocycles. The highest BCUT2D eigenvalue weighted by atomic mass is 127. The average molecular weight is 401 g/mol. The van der Waals surface area contributed by atoms with Crippen LogP contribution in [0.4, 0.5) is 0 Å². The van der Waals surface area contributed by atoms with Gasteiger partial charge in [-0.05, 0) is 57.1 Å². The van der Waals surface area contributed by atoms with Gasteiger partial charge in [0.25, 0.3) is 5.91 Å². The number of methoxy groups -OCH3 is 1. The minimum atomic E-state index is 0.0539. The third kappa shape index (κ3) is 4.04. The van der Waals surface area contributed by atoms with E-state index >= 15 is 0 Å². The molecule has 0 saturated heterocycles. The highest BCUT2D eigenvalue weighted by Gasteiger charge is 2.18. The molecule has 1 amide bonds. The van der Waals surface area contributed by atoms with E-state index in [9.17, 15) is 4.79 Å². The van der Waals surface area contributed by atoms with Gasteiger partial charge in [0.1, 0.15) is 0 Å². The molecule has 0 radical (unpaired) electrons. The van der Waals surface area contributed by atoms with Crippen molar-refractivity contribution < 1.29 is 9.53 Å². The van der Waals surface area contributed by atoms with Crippen LogP contribution in [0, 0.1) is 3.57 Å². The van der Waals surface area contributed by atoms with Crippen LogP contribution in [0.5, 0.6) is 0 Å². The highest BCUT2D eigenvalue weighted by Crippen LogP contribution is 2.17. The number of hydrogen-bond donors (Lipinski definition) is 0. The van der Waals surface area contributed by atoms with Crippen molar-refractivity contribution in [2.45, 2.75) is 6.54 Å². The summed E-state index contributed by atoms with van der Waals surface area (Å²) in [5.41, 5.74) is 1.91. The number of hydrogen-bond acceptors (Lipinski definition) is 3. The molecule has 20 heavy (non-hydrogen) atoms. The van der Waals surface area contributed by atoms with Gasteiger partial charge in [0.2, 0.25) is 0 Å². The zero-order chi connectivity index (χ0) is 14.4. The molecule has 106 valence electrons. The van der Waals surface area contributed by atoms with Crippen LogP contribution in [0.3, 0.4) is 0 Å². The second-order valence-electron chi connectivity index (χ2n) is 4.33. The lowest BCUT2D eigenvalue weighted by Gasteiger charge is -2.22. The molecular formula is C15H16INO2S. The Morgan fingerprint density at radius 2 is 2.15 bits per heavy atom. The fourth-order valence-corrected chi connectivity index (χ4v) is 3.14. The van der Waals surface area contributed by atoms with E-state index in [0.717, 1.165) is 14.7 Å². The summed E-state index contributed by atoms with van der Waals surface area (Å²) in [6.45, 7) is 1.76. The van der Waals surface area contributed by atoms with Gasteiger partial charge in [0.15, 0.2) is 0 Å². The Labute approximate surface area is 136 Å². The first-order chi connectivity index (χ1) is 9.72. The number of rotatable bonds is 6. The fourth-order valence-electron chi connectivity index (χ4n) is 1.86. The number of nitrogens with zero attached hydrogens (tertiary/aromatic N) is 1. The minimum Gasteiger partial charge on any atom is -0.383 e. The van der Waals surface area contributed by atoms with Crippen LogP contribution < -0.4 is 0 Å². The maximum atomic E-state index is 12.7. The molecule has 2 aromatic rings. The standard InChI is InChI=1S/C15H16INO2S/c1-19-8-7-17(10-12-6-9-20-11-12)15(18)13-4-2-3-5-14(13)16/h2-6,9,11H,7-8,10H2,1H3. The highest BCUT2D eigenvalue weighted by molar-refractivity contribution is 14.1. The quantitative estimate of drug-likeness (QED) is 0.692. The smallest absolute Gasteiger partial charge is 0.255 e. The lowest BCUT2D eigenvalue weighted by molar-refractivity contribution is 0.0679. The fraction of sp³-hybridized carbons (Fsp3) is 0.267. The molecule has 0 unspecified atom stereocenters. The Kier molecular flexibility index (Phi) is 6.00. The Hall–Kier alpha value is -0.920. The number of thiophene rings is 1. The van der Waals surface area contributed by atoms with Gasteiger partial charge in [-0.1, -0.05) is 12.1 Å². The average Bonchev–Trinajstić information content (AvgIpc) is 2.96. The van der Waals surface area contributed by atoms with Crippen molar-refractivity contribution in [3.63, 3.8) is 0 Å². The van der Waals surface area contributed by atoms with Crippen molar-refractivity contribution in [3.05, 3.63) is 55.8 Å². The van der Waals surface area contributed by atoms with E-state index < -0.39 is 0 Å². The molecule has 0 saturated carbocycles. The first kappa shape index (κ1) is 15.5. The van der Waals surface area contributed by atoms with Crippen LogP contribution in [0.2, 0.25) is 0 Å². The Morgan fingerprint density at radius 1 is 1.35 bits per heavy atom. The van der Waals surface area contributed by atoms with Gasteiger partial charge in [-0.2, -0.15) is 11.3 Å². The van der Waals surface area contributed by atoms with Crippen LogP contribution in [0.1, 0.15) is 15.9 Å². The summed E-state index contributed by atoms with van der Waals surface area (Å²) in [7, 11) is 1.65. The van der Waals surface area contributed by atoms with Crippen LogP contribution in [0.25, 0.3) is 0 Å². The third-order valence-corrected chi connectivity index (χ3v) is 4.58. The van der Waals surface area contributed by atoms with Gasteiger partial charge in [-0.15, -0.1) is 0 Å². The SMILES string of the molecule is COCCN(Cc1ccsc1)C(=O)c1ccccc1I. The lowest BCUT2D eigenvalue weighted by atomic mass is 10.2. The lowest BCUT2D eigenvalue weighted by Crippen LogP contribution is -2.33. The summed E-state index contributed by atoms with van der Waals surface area (Å²) in [6.07, 6.45) is 0. The molecule has 0 aliphatic carbocycles. The minimum absolute atomic E-state index is 0.0539. The summed E-state index contributed by atoms with van der Waals surface area (Å²) < 4.78 is 6.09. The maximum absolute atomic E-state index is 12.7. The van der Waals surface area contributed by atoms with E-state index in [-0.39, 0.29) is 5.91 Å². The van der Waals surface area contributed by atoms with Gasteiger partial charge in [0.05, 0.1) is 12.2 Å². The molecule has 0 aliphatic rings. The summed E-state index contributed by atoms with van der Waals surface area (Å²) in [6, 6.07) is 9.71. The molecule has 0 spiro atoms. The van der Waals surface area contributed by atoms with Crippen molar-refractivity contribution in [2.24, 2.45) is 0 Å². The molecule has 2 rings (SSSR count). The van der Waals surface area contributed by atoms with E-state index in [4.69, 9.17) is 4.74 Å². The van der Waals surface area contributed by atoms with Crippen molar-refractivity contribution in [1.29, 1.82) is 0 Å². The van der Waals surface area contributed by atoms with Crippen LogP contribution in [-0.4, -0.2) is 31.1 Å². The van der Waals surface area contributed by atoms with Gasteiger partial charge < -0.3 is 9.64 Å². The zero-order valence-corrected chi connectivity index (χ0v) is 14.2.